The van der Waals surface area contributed by atoms with Gasteiger partial charge >= 0.3 is 5.69 Å². The lowest BCUT2D eigenvalue weighted by molar-refractivity contribution is 0.602. The van der Waals surface area contributed by atoms with Gasteiger partial charge in [-0.1, -0.05) is 23.7 Å². The number of benzene rings is 1. The summed E-state index contributed by atoms with van der Waals surface area (Å²) in [5.41, 5.74) is 6.67. The summed E-state index contributed by atoms with van der Waals surface area (Å²) in [7, 11) is -3.57. The molecule has 0 radical (unpaired) electrons. The van der Waals surface area contributed by atoms with E-state index in [2.05, 4.69) is 19.7 Å². The molecule has 3 aromatic rings. The van der Waals surface area contributed by atoms with Crippen LogP contribution >= 0.6 is 11.6 Å². The Kier molecular flexibility index (Phi) is 4.39. The molecule has 0 saturated carbocycles. The summed E-state index contributed by atoms with van der Waals surface area (Å²) in [5, 5.41) is 0.581. The minimum Gasteiger partial charge on any atom is -0.382 e. The lowest BCUT2D eigenvalue weighted by Gasteiger charge is -2.07. The molecule has 0 aliphatic heterocycles. The van der Waals surface area contributed by atoms with E-state index in [0.29, 0.717) is 5.02 Å². The van der Waals surface area contributed by atoms with E-state index in [1.54, 1.807) is 24.3 Å². The fourth-order valence-corrected chi connectivity index (χ4v) is 2.87. The van der Waals surface area contributed by atoms with Crippen molar-refractivity contribution < 1.29 is 8.42 Å². The van der Waals surface area contributed by atoms with E-state index in [-0.39, 0.29) is 35.2 Å². The Bertz CT molecular complexity index is 1090. The Hall–Kier alpha value is -2.59. The van der Waals surface area contributed by atoms with Crippen LogP contribution in [0.5, 0.6) is 0 Å². The van der Waals surface area contributed by atoms with Crippen LogP contribution in [0.1, 0.15) is 12.5 Å². The van der Waals surface area contributed by atoms with Gasteiger partial charge in [-0.2, -0.15) is 9.97 Å². The molecule has 0 fully saturated rings. The summed E-state index contributed by atoms with van der Waals surface area (Å²) >= 11 is 5.86. The molecule has 0 aliphatic carbocycles. The van der Waals surface area contributed by atoms with Gasteiger partial charge in [0, 0.05) is 5.02 Å². The molecule has 0 spiro atoms. The highest BCUT2D eigenvalue weighted by atomic mass is 35.5. The summed E-state index contributed by atoms with van der Waals surface area (Å²) in [6.45, 7) is 1.70. The first-order chi connectivity index (χ1) is 11.8. The summed E-state index contributed by atoms with van der Waals surface area (Å²) in [5.74, 6) is -0.347. The van der Waals surface area contributed by atoms with Gasteiger partial charge in [0.1, 0.15) is 5.52 Å². The molecular weight excluding hydrogens is 368 g/mol. The molecule has 132 valence electrons. The second-order valence-electron chi connectivity index (χ2n) is 5.28. The maximum atomic E-state index is 12.2. The van der Waals surface area contributed by atoms with E-state index in [4.69, 9.17) is 17.3 Å². The van der Waals surface area contributed by atoms with Crippen LogP contribution in [0.25, 0.3) is 11.2 Å². The molecule has 2 heterocycles. The number of sulfonamides is 1. The SMILES string of the molecule is CCS(=O)(=O)Nc1nc(N)c2[nH]c(=O)n(Cc3ccc(Cl)cc3)c2n1. The minimum atomic E-state index is -3.57. The maximum Gasteiger partial charge on any atom is 0.328 e. The first-order valence-electron chi connectivity index (χ1n) is 7.30. The number of H-pyrrole nitrogens is 1. The number of halogens is 1. The first-order valence-corrected chi connectivity index (χ1v) is 9.33. The van der Waals surface area contributed by atoms with Crippen LogP contribution in [0.4, 0.5) is 11.8 Å². The summed E-state index contributed by atoms with van der Waals surface area (Å²) < 4.78 is 27.0. The van der Waals surface area contributed by atoms with E-state index in [9.17, 15) is 13.2 Å². The number of nitrogens with one attached hydrogen (secondary N) is 2. The number of aromatic nitrogens is 4. The largest absolute Gasteiger partial charge is 0.382 e. The second-order valence-corrected chi connectivity index (χ2v) is 7.73. The van der Waals surface area contributed by atoms with Crippen LogP contribution in [0.15, 0.2) is 29.1 Å². The number of anilines is 2. The number of nitrogens with zero attached hydrogens (tertiary/aromatic N) is 3. The van der Waals surface area contributed by atoms with Crippen molar-refractivity contribution in [3.63, 3.8) is 0 Å². The van der Waals surface area contributed by atoms with Gasteiger partial charge < -0.3 is 10.7 Å². The predicted octanol–water partition coefficient (Wildman–Crippen LogP) is 1.17. The number of hydrogen-bond acceptors (Lipinski definition) is 6. The zero-order chi connectivity index (χ0) is 18.2. The molecule has 0 saturated heterocycles. The topological polar surface area (TPSA) is 136 Å². The van der Waals surface area contributed by atoms with Crippen LogP contribution in [0, 0.1) is 0 Å². The Morgan fingerprint density at radius 3 is 2.60 bits per heavy atom. The van der Waals surface area contributed by atoms with E-state index in [0.717, 1.165) is 5.56 Å². The van der Waals surface area contributed by atoms with Gasteiger partial charge in [0.15, 0.2) is 11.5 Å². The van der Waals surface area contributed by atoms with Crippen molar-refractivity contribution in [2.45, 2.75) is 13.5 Å². The maximum absolute atomic E-state index is 12.2. The van der Waals surface area contributed by atoms with Gasteiger partial charge in [-0.15, -0.1) is 0 Å². The van der Waals surface area contributed by atoms with Crippen molar-refractivity contribution >= 4 is 44.6 Å². The van der Waals surface area contributed by atoms with Crippen LogP contribution in [-0.4, -0.2) is 33.7 Å². The number of imidazole rings is 1. The van der Waals surface area contributed by atoms with Crippen molar-refractivity contribution in [2.24, 2.45) is 0 Å². The second kappa shape index (κ2) is 6.37. The van der Waals surface area contributed by atoms with Gasteiger partial charge in [0.2, 0.25) is 16.0 Å². The van der Waals surface area contributed by atoms with E-state index >= 15 is 0 Å². The summed E-state index contributed by atoms with van der Waals surface area (Å²) in [6.07, 6.45) is 0. The van der Waals surface area contributed by atoms with E-state index in [1.165, 1.54) is 11.5 Å². The molecule has 0 aliphatic rings. The van der Waals surface area contributed by atoms with Crippen molar-refractivity contribution in [3.05, 3.63) is 45.3 Å². The number of hydrogen-bond donors (Lipinski definition) is 3. The quantitative estimate of drug-likeness (QED) is 0.605. The molecule has 4 N–H and O–H groups in total. The molecule has 3 rings (SSSR count). The Balaban J connectivity index is 2.09. The lowest BCUT2D eigenvalue weighted by Crippen LogP contribution is -2.19. The van der Waals surface area contributed by atoms with Crippen molar-refractivity contribution in [1.82, 2.24) is 19.5 Å². The Labute approximate surface area is 147 Å². The average molecular weight is 383 g/mol. The standard InChI is InChI=1S/C14H15ClN6O3S/c1-2-25(23,24)20-13-18-11(16)10-12(19-13)21(14(22)17-10)7-8-3-5-9(15)6-4-8/h3-6H,2,7H2,1H3,(H,17,22)(H3,16,18,19,20). The first kappa shape index (κ1) is 17.2. The predicted molar refractivity (Wildman–Crippen MR) is 96.2 cm³/mol. The van der Waals surface area contributed by atoms with Gasteiger partial charge in [-0.05, 0) is 24.6 Å². The third-order valence-electron chi connectivity index (χ3n) is 3.53. The smallest absolute Gasteiger partial charge is 0.328 e. The summed E-state index contributed by atoms with van der Waals surface area (Å²) in [4.78, 5) is 22.8. The number of nitrogens with two attached hydrogens (primary N) is 1. The van der Waals surface area contributed by atoms with Gasteiger partial charge in [-0.3, -0.25) is 9.29 Å². The van der Waals surface area contributed by atoms with Gasteiger partial charge in [-0.25, -0.2) is 13.2 Å². The van der Waals surface area contributed by atoms with Crippen molar-refractivity contribution in [3.8, 4) is 0 Å². The fourth-order valence-electron chi connectivity index (χ4n) is 2.23. The molecule has 0 unspecified atom stereocenters. The number of rotatable bonds is 5. The van der Waals surface area contributed by atoms with Crippen LogP contribution in [0.3, 0.4) is 0 Å². The number of aromatic amines is 1. The normalized spacial score (nSPS) is 11.8. The molecule has 0 amide bonds. The highest BCUT2D eigenvalue weighted by Gasteiger charge is 2.16. The Morgan fingerprint density at radius 2 is 1.96 bits per heavy atom. The zero-order valence-corrected chi connectivity index (χ0v) is 14.7. The summed E-state index contributed by atoms with van der Waals surface area (Å²) in [6, 6.07) is 6.97. The molecular formula is C14H15ClN6O3S. The number of nitrogen functional groups attached to an aromatic ring is 1. The zero-order valence-electron chi connectivity index (χ0n) is 13.2. The van der Waals surface area contributed by atoms with Crippen LogP contribution < -0.4 is 16.1 Å². The lowest BCUT2D eigenvalue weighted by atomic mass is 10.2. The molecule has 1 aromatic carbocycles. The van der Waals surface area contributed by atoms with Crippen molar-refractivity contribution in [1.29, 1.82) is 0 Å². The highest BCUT2D eigenvalue weighted by molar-refractivity contribution is 7.92. The number of fused-ring (bicyclic) bond motifs is 1. The average Bonchev–Trinajstić information content (AvgIpc) is 2.86. The van der Waals surface area contributed by atoms with Crippen molar-refractivity contribution in [2.75, 3.05) is 16.2 Å². The Morgan fingerprint density at radius 1 is 1.28 bits per heavy atom. The van der Waals surface area contributed by atoms with Gasteiger partial charge in [0.25, 0.3) is 0 Å². The van der Waals surface area contributed by atoms with Gasteiger partial charge in [0.05, 0.1) is 12.3 Å². The molecule has 2 aromatic heterocycles. The third-order valence-corrected chi connectivity index (χ3v) is 5.04. The van der Waals surface area contributed by atoms with Crippen LogP contribution in [0.2, 0.25) is 5.02 Å². The third kappa shape index (κ3) is 3.59. The fraction of sp³-hybridized carbons (Fsp3) is 0.214. The minimum absolute atomic E-state index is 0.0224. The highest BCUT2D eigenvalue weighted by Crippen LogP contribution is 2.18. The molecule has 11 heteroatoms. The monoisotopic (exact) mass is 382 g/mol. The molecule has 0 atom stereocenters. The molecule has 0 bridgehead atoms. The molecule has 9 nitrogen and oxygen atoms in total. The van der Waals surface area contributed by atoms with E-state index in [1.807, 2.05) is 0 Å². The van der Waals surface area contributed by atoms with E-state index < -0.39 is 15.7 Å². The molecule has 25 heavy (non-hydrogen) atoms. The van der Waals surface area contributed by atoms with Crippen LogP contribution in [-0.2, 0) is 16.6 Å².